The summed E-state index contributed by atoms with van der Waals surface area (Å²) in [5, 5.41) is 11.6. The monoisotopic (exact) mass is 391 g/mol. The summed E-state index contributed by atoms with van der Waals surface area (Å²) < 4.78 is 18.4. The fourth-order valence-electron chi connectivity index (χ4n) is 2.25. The van der Waals surface area contributed by atoms with Crippen molar-refractivity contribution in [3.8, 4) is 11.5 Å². The van der Waals surface area contributed by atoms with E-state index in [2.05, 4.69) is 15.5 Å². The molecule has 0 aliphatic carbocycles. The highest BCUT2D eigenvalue weighted by Crippen LogP contribution is 2.23. The molecule has 1 aromatic heterocycles. The van der Waals surface area contributed by atoms with Crippen LogP contribution in [0.4, 0.5) is 4.39 Å². The van der Waals surface area contributed by atoms with Gasteiger partial charge in [-0.1, -0.05) is 35.5 Å². The van der Waals surface area contributed by atoms with Gasteiger partial charge in [0.1, 0.15) is 5.82 Å². The summed E-state index contributed by atoms with van der Waals surface area (Å²) in [7, 11) is 0. The van der Waals surface area contributed by atoms with Crippen molar-refractivity contribution in [1.82, 2.24) is 15.5 Å². The van der Waals surface area contributed by atoms with Gasteiger partial charge in [-0.15, -0.1) is 10.2 Å². The Labute approximate surface area is 159 Å². The first-order valence-corrected chi connectivity index (χ1v) is 9.14. The Morgan fingerprint density at radius 2 is 2.04 bits per heavy atom. The van der Waals surface area contributed by atoms with Gasteiger partial charge in [0.25, 0.3) is 5.22 Å². The normalized spacial score (nSPS) is 12.0. The number of amides is 1. The minimum atomic E-state index is -0.339. The van der Waals surface area contributed by atoms with E-state index in [1.54, 1.807) is 18.2 Å². The highest BCUT2D eigenvalue weighted by atomic mass is 35.5. The molecule has 1 heterocycles. The maximum absolute atomic E-state index is 12.9. The predicted octanol–water partition coefficient (Wildman–Crippen LogP) is 4.50. The molecule has 0 radical (unpaired) electrons. The lowest BCUT2D eigenvalue weighted by Crippen LogP contribution is -2.28. The number of halogens is 2. The molecule has 5 nitrogen and oxygen atoms in total. The van der Waals surface area contributed by atoms with Crippen molar-refractivity contribution >= 4 is 29.3 Å². The summed E-state index contributed by atoms with van der Waals surface area (Å²) in [6.45, 7) is 1.88. The zero-order valence-electron chi connectivity index (χ0n) is 13.8. The highest BCUT2D eigenvalue weighted by molar-refractivity contribution is 7.99. The molecule has 2 aromatic carbocycles. The zero-order chi connectivity index (χ0) is 18.5. The number of aromatic nitrogens is 2. The fraction of sp³-hybridized carbons (Fsp3) is 0.167. The summed E-state index contributed by atoms with van der Waals surface area (Å²) >= 11 is 7.10. The van der Waals surface area contributed by atoms with Gasteiger partial charge >= 0.3 is 0 Å². The van der Waals surface area contributed by atoms with Gasteiger partial charge in [0.2, 0.25) is 11.8 Å². The van der Waals surface area contributed by atoms with Gasteiger partial charge in [0.15, 0.2) is 0 Å². The van der Waals surface area contributed by atoms with Gasteiger partial charge in [-0.2, -0.15) is 0 Å². The summed E-state index contributed by atoms with van der Waals surface area (Å²) in [5.74, 6) is -0.0896. The average Bonchev–Trinajstić information content (AvgIpc) is 3.09. The van der Waals surface area contributed by atoms with Crippen LogP contribution in [0.2, 0.25) is 5.02 Å². The van der Waals surface area contributed by atoms with E-state index in [9.17, 15) is 9.18 Å². The maximum atomic E-state index is 12.9. The summed E-state index contributed by atoms with van der Waals surface area (Å²) in [6.07, 6.45) is 0. The fourth-order valence-corrected chi connectivity index (χ4v) is 3.02. The zero-order valence-corrected chi connectivity index (χ0v) is 15.4. The predicted molar refractivity (Wildman–Crippen MR) is 98.4 cm³/mol. The number of nitrogens with one attached hydrogen (secondary N) is 1. The van der Waals surface area contributed by atoms with Crippen LogP contribution in [0.15, 0.2) is 58.2 Å². The Balaban J connectivity index is 1.54. The van der Waals surface area contributed by atoms with Gasteiger partial charge in [-0.25, -0.2) is 4.39 Å². The van der Waals surface area contributed by atoms with E-state index in [1.165, 1.54) is 12.1 Å². The van der Waals surface area contributed by atoms with Crippen LogP contribution in [0.3, 0.4) is 0 Å². The lowest BCUT2D eigenvalue weighted by atomic mass is 10.1. The number of benzene rings is 2. The van der Waals surface area contributed by atoms with Gasteiger partial charge < -0.3 is 9.73 Å². The highest BCUT2D eigenvalue weighted by Gasteiger charge is 2.14. The van der Waals surface area contributed by atoms with Crippen LogP contribution >= 0.6 is 23.4 Å². The van der Waals surface area contributed by atoms with Crippen molar-refractivity contribution in [2.45, 2.75) is 18.2 Å². The third-order valence-corrected chi connectivity index (χ3v) is 4.60. The second-order valence-electron chi connectivity index (χ2n) is 5.51. The molecule has 3 rings (SSSR count). The number of hydrogen-bond acceptors (Lipinski definition) is 5. The van der Waals surface area contributed by atoms with E-state index in [0.29, 0.717) is 10.6 Å². The first-order chi connectivity index (χ1) is 12.5. The Morgan fingerprint density at radius 1 is 1.27 bits per heavy atom. The van der Waals surface area contributed by atoms with E-state index in [0.717, 1.165) is 17.3 Å². The molecular weight excluding hydrogens is 377 g/mol. The molecule has 134 valence electrons. The van der Waals surface area contributed by atoms with Crippen molar-refractivity contribution in [3.05, 3.63) is 64.9 Å². The van der Waals surface area contributed by atoms with Gasteiger partial charge in [0, 0.05) is 10.6 Å². The minimum absolute atomic E-state index is 0.135. The number of carbonyl (C=O) groups is 1. The molecule has 1 unspecified atom stereocenters. The number of thioether (sulfide) groups is 1. The van der Waals surface area contributed by atoms with Crippen molar-refractivity contribution < 1.29 is 13.6 Å². The van der Waals surface area contributed by atoms with Gasteiger partial charge in [-0.3, -0.25) is 4.79 Å². The maximum Gasteiger partial charge on any atom is 0.277 e. The standard InChI is InChI=1S/C18H15ClFN3O2S/c1-11(13-3-2-4-14(19)9-13)21-16(24)10-26-18-23-22-17(25-18)12-5-7-15(20)8-6-12/h2-9,11H,10H2,1H3,(H,21,24). The molecule has 3 aromatic rings. The molecule has 0 aliphatic heterocycles. The topological polar surface area (TPSA) is 68.0 Å². The molecule has 1 atom stereocenters. The van der Waals surface area contributed by atoms with Crippen molar-refractivity contribution in [2.75, 3.05) is 5.75 Å². The smallest absolute Gasteiger partial charge is 0.277 e. The molecule has 0 spiro atoms. The molecule has 0 fully saturated rings. The molecule has 0 saturated heterocycles. The number of hydrogen-bond donors (Lipinski definition) is 1. The average molecular weight is 392 g/mol. The van der Waals surface area contributed by atoms with Gasteiger partial charge in [-0.05, 0) is 48.9 Å². The molecule has 8 heteroatoms. The van der Waals surface area contributed by atoms with Crippen LogP contribution < -0.4 is 5.32 Å². The Hall–Kier alpha value is -2.38. The second kappa shape index (κ2) is 8.33. The van der Waals surface area contributed by atoms with Crippen LogP contribution in [0.25, 0.3) is 11.5 Å². The van der Waals surface area contributed by atoms with Crippen LogP contribution in [-0.2, 0) is 4.79 Å². The van der Waals surface area contributed by atoms with E-state index < -0.39 is 0 Å². The van der Waals surface area contributed by atoms with Crippen LogP contribution in [-0.4, -0.2) is 21.9 Å². The summed E-state index contributed by atoms with van der Waals surface area (Å²) in [6, 6.07) is 12.9. The van der Waals surface area contributed by atoms with Crippen molar-refractivity contribution in [1.29, 1.82) is 0 Å². The Kier molecular flexibility index (Phi) is 5.90. The lowest BCUT2D eigenvalue weighted by Gasteiger charge is -2.14. The minimum Gasteiger partial charge on any atom is -0.411 e. The first kappa shape index (κ1) is 18.4. The van der Waals surface area contributed by atoms with Crippen LogP contribution in [0.1, 0.15) is 18.5 Å². The second-order valence-corrected chi connectivity index (χ2v) is 6.88. The molecule has 26 heavy (non-hydrogen) atoms. The quantitative estimate of drug-likeness (QED) is 0.626. The van der Waals surface area contributed by atoms with E-state index in [1.807, 2.05) is 25.1 Å². The third-order valence-electron chi connectivity index (χ3n) is 3.55. The van der Waals surface area contributed by atoms with Crippen LogP contribution in [0, 0.1) is 5.82 Å². The Bertz CT molecular complexity index is 901. The van der Waals surface area contributed by atoms with E-state index in [4.69, 9.17) is 16.0 Å². The number of rotatable bonds is 6. The lowest BCUT2D eigenvalue weighted by molar-refractivity contribution is -0.119. The summed E-state index contributed by atoms with van der Waals surface area (Å²) in [5.41, 5.74) is 1.54. The molecule has 1 N–H and O–H groups in total. The van der Waals surface area contributed by atoms with Crippen molar-refractivity contribution in [3.63, 3.8) is 0 Å². The SMILES string of the molecule is CC(NC(=O)CSc1nnc(-c2ccc(F)cc2)o1)c1cccc(Cl)c1. The van der Waals surface area contributed by atoms with E-state index >= 15 is 0 Å². The Morgan fingerprint density at radius 3 is 2.77 bits per heavy atom. The summed E-state index contributed by atoms with van der Waals surface area (Å²) in [4.78, 5) is 12.1. The number of nitrogens with zero attached hydrogens (tertiary/aromatic N) is 2. The molecule has 1 amide bonds. The first-order valence-electron chi connectivity index (χ1n) is 7.78. The third kappa shape index (κ3) is 4.83. The number of carbonyl (C=O) groups excluding carboxylic acids is 1. The van der Waals surface area contributed by atoms with Crippen molar-refractivity contribution in [2.24, 2.45) is 0 Å². The largest absolute Gasteiger partial charge is 0.411 e. The molecular formula is C18H15ClFN3O2S. The van der Waals surface area contributed by atoms with Crippen LogP contribution in [0.5, 0.6) is 0 Å². The molecule has 0 saturated carbocycles. The van der Waals surface area contributed by atoms with E-state index in [-0.39, 0.29) is 34.6 Å². The molecule has 0 bridgehead atoms. The molecule has 0 aliphatic rings. The van der Waals surface area contributed by atoms with Gasteiger partial charge in [0.05, 0.1) is 11.8 Å².